The summed E-state index contributed by atoms with van der Waals surface area (Å²) < 4.78 is 0. The minimum absolute atomic E-state index is 0.381. The highest BCUT2D eigenvalue weighted by atomic mass is 32.2. The molecule has 6 heteroatoms. The van der Waals surface area contributed by atoms with Crippen LogP contribution in [0.1, 0.15) is 5.82 Å². The predicted molar refractivity (Wildman–Crippen MR) is 67.9 cm³/mol. The van der Waals surface area contributed by atoms with Gasteiger partial charge in [-0.2, -0.15) is 11.8 Å². The molecule has 0 aliphatic heterocycles. The number of aromatic nitrogens is 2. The summed E-state index contributed by atoms with van der Waals surface area (Å²) in [6, 6.07) is 6.95. The maximum absolute atomic E-state index is 10.5. The molecule has 1 atom stereocenters. The molecule has 0 spiro atoms. The van der Waals surface area contributed by atoms with Crippen LogP contribution in [0.25, 0.3) is 11.0 Å². The van der Waals surface area contributed by atoms with Crippen LogP contribution in [0.3, 0.4) is 0 Å². The number of fused-ring (bicyclic) bond motifs is 1. The smallest absolute Gasteiger partial charge is 0.321 e. The Hall–Kier alpha value is -1.53. The Kier molecular flexibility index (Phi) is 3.65. The first-order valence-electron chi connectivity index (χ1n) is 5.16. The van der Waals surface area contributed by atoms with Crippen molar-refractivity contribution in [2.45, 2.75) is 11.8 Å². The number of aliphatic carboxylic acids is 1. The fourth-order valence-electron chi connectivity index (χ4n) is 1.43. The van der Waals surface area contributed by atoms with Crippen molar-refractivity contribution in [1.82, 2.24) is 9.97 Å². The molecule has 90 valence electrons. The number of thioether (sulfide) groups is 1. The van der Waals surface area contributed by atoms with Gasteiger partial charge in [0.25, 0.3) is 0 Å². The molecular weight excluding hydrogens is 238 g/mol. The second-order valence-electron chi connectivity index (χ2n) is 3.66. The van der Waals surface area contributed by atoms with Gasteiger partial charge in [-0.25, -0.2) is 4.98 Å². The topological polar surface area (TPSA) is 92.0 Å². The Bertz CT molecular complexity index is 493. The van der Waals surface area contributed by atoms with E-state index >= 15 is 0 Å². The minimum atomic E-state index is -0.970. The average molecular weight is 251 g/mol. The van der Waals surface area contributed by atoms with Gasteiger partial charge < -0.3 is 15.8 Å². The van der Waals surface area contributed by atoms with Gasteiger partial charge in [-0.05, 0) is 12.1 Å². The summed E-state index contributed by atoms with van der Waals surface area (Å²) in [7, 11) is 0. The normalized spacial score (nSPS) is 12.8. The van der Waals surface area contributed by atoms with Crippen LogP contribution in [0.15, 0.2) is 24.3 Å². The molecule has 0 aliphatic carbocycles. The number of H-pyrrole nitrogens is 1. The van der Waals surface area contributed by atoms with Gasteiger partial charge in [0.15, 0.2) is 0 Å². The van der Waals surface area contributed by atoms with Gasteiger partial charge >= 0.3 is 5.97 Å². The van der Waals surface area contributed by atoms with Gasteiger partial charge in [0.05, 0.1) is 16.8 Å². The number of rotatable bonds is 5. The summed E-state index contributed by atoms with van der Waals surface area (Å²) in [5.41, 5.74) is 7.32. The van der Waals surface area contributed by atoms with Crippen molar-refractivity contribution >= 4 is 28.8 Å². The number of aromatic amines is 1. The summed E-state index contributed by atoms with van der Waals surface area (Å²) >= 11 is 1.46. The van der Waals surface area contributed by atoms with Gasteiger partial charge in [-0.15, -0.1) is 0 Å². The molecule has 2 aromatic rings. The molecule has 1 unspecified atom stereocenters. The zero-order chi connectivity index (χ0) is 12.3. The highest BCUT2D eigenvalue weighted by molar-refractivity contribution is 7.98. The molecule has 0 radical (unpaired) electrons. The van der Waals surface area contributed by atoms with Crippen molar-refractivity contribution in [3.05, 3.63) is 30.1 Å². The maximum atomic E-state index is 10.5. The first kappa shape index (κ1) is 11.9. The number of hydrogen-bond acceptors (Lipinski definition) is 4. The lowest BCUT2D eigenvalue weighted by Gasteiger charge is -2.03. The Morgan fingerprint density at radius 1 is 1.53 bits per heavy atom. The van der Waals surface area contributed by atoms with Crippen LogP contribution in [0.2, 0.25) is 0 Å². The monoisotopic (exact) mass is 251 g/mol. The third-order valence-electron chi connectivity index (χ3n) is 2.29. The third kappa shape index (κ3) is 2.98. The van der Waals surface area contributed by atoms with E-state index in [0.29, 0.717) is 11.5 Å². The van der Waals surface area contributed by atoms with Gasteiger partial charge in [-0.3, -0.25) is 4.79 Å². The fraction of sp³-hybridized carbons (Fsp3) is 0.273. The lowest BCUT2D eigenvalue weighted by Crippen LogP contribution is -2.32. The maximum Gasteiger partial charge on any atom is 0.321 e. The molecule has 0 aliphatic rings. The van der Waals surface area contributed by atoms with E-state index in [9.17, 15) is 4.79 Å². The molecule has 1 aromatic carbocycles. The molecule has 17 heavy (non-hydrogen) atoms. The molecule has 0 saturated heterocycles. The summed E-state index contributed by atoms with van der Waals surface area (Å²) in [4.78, 5) is 18.1. The zero-order valence-electron chi connectivity index (χ0n) is 9.09. The van der Waals surface area contributed by atoms with Crippen molar-refractivity contribution < 1.29 is 9.90 Å². The fourth-order valence-corrected chi connectivity index (χ4v) is 2.27. The Balaban J connectivity index is 1.93. The number of nitrogens with zero attached hydrogens (tertiary/aromatic N) is 1. The quantitative estimate of drug-likeness (QED) is 0.742. The predicted octanol–water partition coefficient (Wildman–Crippen LogP) is 1.21. The number of carboxylic acid groups (broad SMARTS) is 1. The highest BCUT2D eigenvalue weighted by Gasteiger charge is 2.11. The van der Waals surface area contributed by atoms with E-state index in [0.717, 1.165) is 16.9 Å². The van der Waals surface area contributed by atoms with Gasteiger partial charge in [-0.1, -0.05) is 12.1 Å². The number of carboxylic acids is 1. The molecule has 0 bridgehead atoms. The van der Waals surface area contributed by atoms with Crippen LogP contribution in [0, 0.1) is 0 Å². The van der Waals surface area contributed by atoms with Crippen LogP contribution in [-0.4, -0.2) is 32.8 Å². The first-order valence-corrected chi connectivity index (χ1v) is 6.32. The number of carbonyl (C=O) groups is 1. The van der Waals surface area contributed by atoms with Crippen molar-refractivity contribution in [2.24, 2.45) is 5.73 Å². The van der Waals surface area contributed by atoms with E-state index in [1.165, 1.54) is 11.8 Å². The minimum Gasteiger partial charge on any atom is -0.480 e. The number of benzene rings is 1. The zero-order valence-corrected chi connectivity index (χ0v) is 9.91. The van der Waals surface area contributed by atoms with Crippen molar-refractivity contribution in [1.29, 1.82) is 0 Å². The number of nitrogens with one attached hydrogen (secondary N) is 1. The average Bonchev–Trinajstić information content (AvgIpc) is 2.71. The number of nitrogens with two attached hydrogens (primary N) is 1. The van der Waals surface area contributed by atoms with E-state index in [-0.39, 0.29) is 0 Å². The molecule has 0 amide bonds. The van der Waals surface area contributed by atoms with Gasteiger partial charge in [0.2, 0.25) is 0 Å². The lowest BCUT2D eigenvalue weighted by atomic mass is 10.3. The lowest BCUT2D eigenvalue weighted by molar-refractivity contribution is -0.137. The SMILES string of the molecule is NC(CSCc1nc2ccccc2[nH]1)C(=O)O. The molecule has 1 heterocycles. The van der Waals surface area contributed by atoms with E-state index in [2.05, 4.69) is 9.97 Å². The first-order chi connectivity index (χ1) is 8.16. The van der Waals surface area contributed by atoms with E-state index in [1.807, 2.05) is 24.3 Å². The summed E-state index contributed by atoms with van der Waals surface area (Å²) in [6.07, 6.45) is 0. The molecule has 4 N–H and O–H groups in total. The van der Waals surface area contributed by atoms with Crippen LogP contribution in [0.5, 0.6) is 0 Å². The summed E-state index contributed by atoms with van der Waals surface area (Å²) in [6.45, 7) is 0. The van der Waals surface area contributed by atoms with Crippen LogP contribution >= 0.6 is 11.8 Å². The van der Waals surface area contributed by atoms with Gasteiger partial charge in [0.1, 0.15) is 11.9 Å². The second kappa shape index (κ2) is 5.20. The molecule has 1 aromatic heterocycles. The number of imidazole rings is 1. The molecule has 2 rings (SSSR count). The van der Waals surface area contributed by atoms with E-state index in [4.69, 9.17) is 10.8 Å². The van der Waals surface area contributed by atoms with Crippen molar-refractivity contribution in [3.8, 4) is 0 Å². The second-order valence-corrected chi connectivity index (χ2v) is 4.69. The molecule has 0 fully saturated rings. The molecule has 0 saturated carbocycles. The standard InChI is InChI=1S/C11H13N3O2S/c12-7(11(15)16)5-17-6-10-13-8-3-1-2-4-9(8)14-10/h1-4,7H,5-6,12H2,(H,13,14)(H,15,16). The van der Waals surface area contributed by atoms with Crippen molar-refractivity contribution in [3.63, 3.8) is 0 Å². The third-order valence-corrected chi connectivity index (χ3v) is 3.36. The van der Waals surface area contributed by atoms with E-state index < -0.39 is 12.0 Å². The highest BCUT2D eigenvalue weighted by Crippen LogP contribution is 2.15. The molecular formula is C11H13N3O2S. The van der Waals surface area contributed by atoms with Crippen LogP contribution < -0.4 is 5.73 Å². The number of hydrogen-bond donors (Lipinski definition) is 3. The summed E-state index contributed by atoms with van der Waals surface area (Å²) in [5.74, 6) is 0.887. The Morgan fingerprint density at radius 3 is 3.00 bits per heavy atom. The molecule has 5 nitrogen and oxygen atoms in total. The number of para-hydroxylation sites is 2. The largest absolute Gasteiger partial charge is 0.480 e. The van der Waals surface area contributed by atoms with Crippen LogP contribution in [0.4, 0.5) is 0 Å². The van der Waals surface area contributed by atoms with Gasteiger partial charge in [0, 0.05) is 5.75 Å². The van der Waals surface area contributed by atoms with Crippen molar-refractivity contribution in [2.75, 3.05) is 5.75 Å². The summed E-state index contributed by atoms with van der Waals surface area (Å²) in [5, 5.41) is 8.63. The Labute approximate surface area is 102 Å². The van der Waals surface area contributed by atoms with Crippen LogP contribution in [-0.2, 0) is 10.5 Å². The van der Waals surface area contributed by atoms with E-state index in [1.54, 1.807) is 0 Å². The Morgan fingerprint density at radius 2 is 2.29 bits per heavy atom.